The second kappa shape index (κ2) is 7.23. The fourth-order valence-corrected chi connectivity index (χ4v) is 3.09. The Hall–Kier alpha value is -2.41. The van der Waals surface area contributed by atoms with E-state index in [0.717, 1.165) is 33.9 Å². The Morgan fingerprint density at radius 1 is 1.26 bits per heavy atom. The Kier molecular flexibility index (Phi) is 4.87. The number of carbonyl (C=O) groups excluding carboxylic acids is 1. The molecule has 0 bridgehead atoms. The standard InChI is InChI=1S/C16H19N5OS/c1-12-18-9-13(23-12)10-19-16(22)17-7-4-8-21-11-20-14-5-2-3-6-15(14)21/h2-3,5-6,9,11H,4,7-8,10H2,1H3,(H2,17,19,22). The van der Waals surface area contributed by atoms with Gasteiger partial charge in [0.15, 0.2) is 0 Å². The number of rotatable bonds is 6. The summed E-state index contributed by atoms with van der Waals surface area (Å²) in [6, 6.07) is 7.90. The van der Waals surface area contributed by atoms with Gasteiger partial charge in [-0.1, -0.05) is 12.1 Å². The van der Waals surface area contributed by atoms with Gasteiger partial charge in [0.2, 0.25) is 0 Å². The van der Waals surface area contributed by atoms with Gasteiger partial charge in [-0.3, -0.25) is 0 Å². The lowest BCUT2D eigenvalue weighted by Gasteiger charge is -2.07. The number of benzene rings is 1. The van der Waals surface area contributed by atoms with Crippen LogP contribution in [-0.4, -0.2) is 27.1 Å². The Morgan fingerprint density at radius 3 is 2.96 bits per heavy atom. The highest BCUT2D eigenvalue weighted by Gasteiger charge is 2.03. The molecule has 1 aromatic carbocycles. The maximum absolute atomic E-state index is 11.7. The number of aromatic nitrogens is 3. The van der Waals surface area contributed by atoms with Crippen LogP contribution in [0.4, 0.5) is 4.79 Å². The number of urea groups is 1. The smallest absolute Gasteiger partial charge is 0.315 e. The molecule has 0 radical (unpaired) electrons. The van der Waals surface area contributed by atoms with Crippen LogP contribution in [0.15, 0.2) is 36.8 Å². The van der Waals surface area contributed by atoms with Crippen LogP contribution in [0.2, 0.25) is 0 Å². The first kappa shape index (κ1) is 15.5. The molecule has 0 saturated carbocycles. The van der Waals surface area contributed by atoms with Gasteiger partial charge in [0.1, 0.15) is 0 Å². The Balaban J connectivity index is 1.38. The largest absolute Gasteiger partial charge is 0.338 e. The third kappa shape index (κ3) is 4.07. The second-order valence-electron chi connectivity index (χ2n) is 5.24. The van der Waals surface area contributed by atoms with Gasteiger partial charge < -0.3 is 15.2 Å². The highest BCUT2D eigenvalue weighted by molar-refractivity contribution is 7.11. The molecule has 7 heteroatoms. The van der Waals surface area contributed by atoms with E-state index >= 15 is 0 Å². The summed E-state index contributed by atoms with van der Waals surface area (Å²) in [4.78, 5) is 21.3. The Bertz CT molecular complexity index is 794. The molecule has 2 aromatic heterocycles. The first-order valence-corrected chi connectivity index (χ1v) is 8.37. The van der Waals surface area contributed by atoms with Crippen LogP contribution in [0.5, 0.6) is 0 Å². The fraction of sp³-hybridized carbons (Fsp3) is 0.312. The van der Waals surface area contributed by atoms with Crippen molar-refractivity contribution in [2.75, 3.05) is 6.54 Å². The van der Waals surface area contributed by atoms with E-state index in [1.54, 1.807) is 17.5 Å². The summed E-state index contributed by atoms with van der Waals surface area (Å²) in [5.41, 5.74) is 2.12. The minimum Gasteiger partial charge on any atom is -0.338 e. The van der Waals surface area contributed by atoms with E-state index in [2.05, 4.69) is 31.2 Å². The van der Waals surface area contributed by atoms with E-state index in [1.165, 1.54) is 0 Å². The summed E-state index contributed by atoms with van der Waals surface area (Å²) < 4.78 is 2.11. The number of hydrogen-bond acceptors (Lipinski definition) is 4. The van der Waals surface area contributed by atoms with E-state index in [9.17, 15) is 4.79 Å². The lowest BCUT2D eigenvalue weighted by molar-refractivity contribution is 0.240. The van der Waals surface area contributed by atoms with Crippen molar-refractivity contribution >= 4 is 28.4 Å². The van der Waals surface area contributed by atoms with Crippen molar-refractivity contribution in [3.8, 4) is 0 Å². The average molecular weight is 329 g/mol. The molecule has 6 nitrogen and oxygen atoms in total. The van der Waals surface area contributed by atoms with Crippen molar-refractivity contribution in [3.63, 3.8) is 0 Å². The first-order chi connectivity index (χ1) is 11.2. The van der Waals surface area contributed by atoms with Gasteiger partial charge in [-0.25, -0.2) is 14.8 Å². The molecule has 2 N–H and O–H groups in total. The van der Waals surface area contributed by atoms with Crippen LogP contribution >= 0.6 is 11.3 Å². The Labute approximate surface area is 138 Å². The van der Waals surface area contributed by atoms with Crippen LogP contribution in [0.25, 0.3) is 11.0 Å². The number of aryl methyl sites for hydroxylation is 2. The molecular weight excluding hydrogens is 310 g/mol. The number of fused-ring (bicyclic) bond motifs is 1. The molecule has 2 heterocycles. The van der Waals surface area contributed by atoms with Crippen molar-refractivity contribution in [2.24, 2.45) is 0 Å². The molecule has 0 atom stereocenters. The highest BCUT2D eigenvalue weighted by atomic mass is 32.1. The van der Waals surface area contributed by atoms with Crippen molar-refractivity contribution in [1.29, 1.82) is 0 Å². The molecule has 23 heavy (non-hydrogen) atoms. The van der Waals surface area contributed by atoms with E-state index in [0.29, 0.717) is 13.1 Å². The van der Waals surface area contributed by atoms with E-state index in [-0.39, 0.29) is 6.03 Å². The molecule has 0 fully saturated rings. The number of carbonyl (C=O) groups is 1. The monoisotopic (exact) mass is 329 g/mol. The lowest BCUT2D eigenvalue weighted by atomic mass is 10.3. The van der Waals surface area contributed by atoms with Crippen molar-refractivity contribution < 1.29 is 4.79 Å². The molecule has 0 aliphatic carbocycles. The van der Waals surface area contributed by atoms with Crippen LogP contribution in [0.1, 0.15) is 16.3 Å². The van der Waals surface area contributed by atoms with Gasteiger partial charge >= 0.3 is 6.03 Å². The van der Waals surface area contributed by atoms with Crippen molar-refractivity contribution in [1.82, 2.24) is 25.2 Å². The molecule has 0 aliphatic rings. The first-order valence-electron chi connectivity index (χ1n) is 7.55. The summed E-state index contributed by atoms with van der Waals surface area (Å²) in [7, 11) is 0. The van der Waals surface area contributed by atoms with Crippen molar-refractivity contribution in [2.45, 2.75) is 26.4 Å². The van der Waals surface area contributed by atoms with Gasteiger partial charge in [-0.15, -0.1) is 11.3 Å². The fourth-order valence-electron chi connectivity index (χ4n) is 2.36. The SMILES string of the molecule is Cc1ncc(CNC(=O)NCCCn2cnc3ccccc32)s1. The zero-order valence-corrected chi connectivity index (χ0v) is 13.8. The lowest BCUT2D eigenvalue weighted by Crippen LogP contribution is -2.35. The third-order valence-corrected chi connectivity index (χ3v) is 4.39. The van der Waals surface area contributed by atoms with Gasteiger partial charge in [0, 0.05) is 24.2 Å². The quantitative estimate of drug-likeness (QED) is 0.683. The molecule has 2 amide bonds. The van der Waals surface area contributed by atoms with Gasteiger partial charge in [0.05, 0.1) is 28.9 Å². The summed E-state index contributed by atoms with van der Waals surface area (Å²) in [5, 5.41) is 6.72. The maximum atomic E-state index is 11.7. The normalized spacial score (nSPS) is 10.8. The number of thiazole rings is 1. The third-order valence-electron chi connectivity index (χ3n) is 3.48. The number of hydrogen-bond donors (Lipinski definition) is 2. The average Bonchev–Trinajstić information content (AvgIpc) is 3.16. The Morgan fingerprint density at radius 2 is 2.13 bits per heavy atom. The molecule has 120 valence electrons. The van der Waals surface area contributed by atoms with Gasteiger partial charge in [0.25, 0.3) is 0 Å². The minimum atomic E-state index is -0.147. The molecule has 0 unspecified atom stereocenters. The number of imidazole rings is 1. The summed E-state index contributed by atoms with van der Waals surface area (Å²) in [5.74, 6) is 0. The number of amides is 2. The van der Waals surface area contributed by atoms with Gasteiger partial charge in [-0.2, -0.15) is 0 Å². The van der Waals surface area contributed by atoms with Crippen molar-refractivity contribution in [3.05, 3.63) is 46.7 Å². The number of nitrogens with zero attached hydrogens (tertiary/aromatic N) is 3. The van der Waals surface area contributed by atoms with Crippen LogP contribution in [0, 0.1) is 6.92 Å². The molecule has 0 aliphatic heterocycles. The zero-order chi connectivity index (χ0) is 16.1. The van der Waals surface area contributed by atoms with E-state index < -0.39 is 0 Å². The molecule has 0 saturated heterocycles. The van der Waals surface area contributed by atoms with Gasteiger partial charge in [-0.05, 0) is 25.5 Å². The van der Waals surface area contributed by atoms with Crippen LogP contribution in [-0.2, 0) is 13.1 Å². The van der Waals surface area contributed by atoms with Crippen LogP contribution < -0.4 is 10.6 Å². The molecule has 3 rings (SSSR count). The summed E-state index contributed by atoms with van der Waals surface area (Å²) in [6.45, 7) is 3.92. The molecule has 0 spiro atoms. The summed E-state index contributed by atoms with van der Waals surface area (Å²) in [6.07, 6.45) is 4.49. The topological polar surface area (TPSA) is 71.8 Å². The predicted molar refractivity (Wildman–Crippen MR) is 91.4 cm³/mol. The predicted octanol–water partition coefficient (Wildman–Crippen LogP) is 2.69. The van der Waals surface area contributed by atoms with Crippen LogP contribution in [0.3, 0.4) is 0 Å². The minimum absolute atomic E-state index is 0.147. The van der Waals surface area contributed by atoms with E-state index in [1.807, 2.05) is 31.5 Å². The van der Waals surface area contributed by atoms with E-state index in [4.69, 9.17) is 0 Å². The highest BCUT2D eigenvalue weighted by Crippen LogP contribution is 2.12. The number of nitrogens with one attached hydrogen (secondary N) is 2. The molecule has 3 aromatic rings. The zero-order valence-electron chi connectivity index (χ0n) is 13.0. The maximum Gasteiger partial charge on any atom is 0.315 e. The molecular formula is C16H19N5OS. The number of para-hydroxylation sites is 2. The summed E-state index contributed by atoms with van der Waals surface area (Å²) >= 11 is 1.59. The second-order valence-corrected chi connectivity index (χ2v) is 6.55.